The molecule has 0 radical (unpaired) electrons. The predicted octanol–water partition coefficient (Wildman–Crippen LogP) is 6.17. The van der Waals surface area contributed by atoms with Gasteiger partial charge < -0.3 is 9.88 Å². The van der Waals surface area contributed by atoms with Gasteiger partial charge in [-0.25, -0.2) is 9.37 Å². The van der Waals surface area contributed by atoms with Crippen LogP contribution in [-0.4, -0.2) is 20.7 Å². The van der Waals surface area contributed by atoms with E-state index >= 15 is 0 Å². The Balaban J connectivity index is 1.58. The zero-order valence-corrected chi connectivity index (χ0v) is 18.8. The minimum Gasteiger partial charge on any atom is -0.325 e. The molecule has 0 saturated carbocycles. The highest BCUT2D eigenvalue weighted by molar-refractivity contribution is 8.00. The van der Waals surface area contributed by atoms with Crippen molar-refractivity contribution in [2.75, 3.05) is 5.32 Å². The van der Waals surface area contributed by atoms with Gasteiger partial charge in [-0.1, -0.05) is 60.3 Å². The van der Waals surface area contributed by atoms with Gasteiger partial charge in [-0.05, 0) is 55.3 Å². The number of hydrogen-bond donors (Lipinski definition) is 1. The number of aromatic nitrogens is 2. The van der Waals surface area contributed by atoms with Crippen molar-refractivity contribution in [3.8, 4) is 11.3 Å². The van der Waals surface area contributed by atoms with E-state index in [4.69, 9.17) is 4.98 Å². The number of nitrogens with one attached hydrogen (secondary N) is 1. The Labute approximate surface area is 191 Å². The third-order valence-electron chi connectivity index (χ3n) is 5.13. The molecule has 4 nitrogen and oxygen atoms in total. The number of anilines is 1. The van der Waals surface area contributed by atoms with E-state index in [1.165, 1.54) is 23.9 Å². The molecule has 4 rings (SSSR count). The van der Waals surface area contributed by atoms with Crippen molar-refractivity contribution in [2.45, 2.75) is 30.8 Å². The molecule has 0 spiro atoms. The highest BCUT2D eigenvalue weighted by Gasteiger charge is 2.20. The maximum absolute atomic E-state index is 13.4. The first kappa shape index (κ1) is 21.8. The van der Waals surface area contributed by atoms with Gasteiger partial charge in [0, 0.05) is 24.0 Å². The average Bonchev–Trinajstić information content (AvgIpc) is 3.18. The van der Waals surface area contributed by atoms with Gasteiger partial charge in [-0.15, -0.1) is 0 Å². The van der Waals surface area contributed by atoms with Crippen LogP contribution in [0.2, 0.25) is 0 Å². The number of thioether (sulfide) groups is 1. The predicted molar refractivity (Wildman–Crippen MR) is 128 cm³/mol. The smallest absolute Gasteiger partial charge is 0.237 e. The van der Waals surface area contributed by atoms with E-state index in [1.807, 2.05) is 67.1 Å². The van der Waals surface area contributed by atoms with Crippen LogP contribution in [0.15, 0.2) is 90.2 Å². The molecular weight excluding hydrogens is 421 g/mol. The summed E-state index contributed by atoms with van der Waals surface area (Å²) in [6.07, 6.45) is 1.95. The molecule has 1 heterocycles. The lowest BCUT2D eigenvalue weighted by Gasteiger charge is -2.14. The lowest BCUT2D eigenvalue weighted by atomic mass is 10.2. The monoisotopic (exact) mass is 445 g/mol. The number of para-hydroxylation sites is 1. The number of carbonyl (C=O) groups is 1. The van der Waals surface area contributed by atoms with E-state index in [1.54, 1.807) is 12.1 Å². The number of hydrogen-bond acceptors (Lipinski definition) is 3. The van der Waals surface area contributed by atoms with Crippen molar-refractivity contribution in [1.82, 2.24) is 9.55 Å². The number of nitrogens with zero attached hydrogens (tertiary/aromatic N) is 2. The standard InChI is InChI=1S/C26H24FN3OS/c1-18-8-6-7-11-23(18)28-25(31)19(2)32-26-29-24(21-12-14-22(27)15-13-21)17-30(26)16-20-9-4-3-5-10-20/h3-15,17,19H,16H2,1-2H3,(H,28,31)/t19-/m1/s1. The third kappa shape index (κ3) is 5.26. The lowest BCUT2D eigenvalue weighted by molar-refractivity contribution is -0.115. The quantitative estimate of drug-likeness (QED) is 0.346. The summed E-state index contributed by atoms with van der Waals surface area (Å²) in [7, 11) is 0. The molecule has 0 bridgehead atoms. The fourth-order valence-corrected chi connectivity index (χ4v) is 4.19. The minimum atomic E-state index is -0.354. The molecule has 1 amide bonds. The zero-order chi connectivity index (χ0) is 22.5. The van der Waals surface area contributed by atoms with Crippen molar-refractivity contribution >= 4 is 23.4 Å². The van der Waals surface area contributed by atoms with Crippen LogP contribution >= 0.6 is 11.8 Å². The summed E-state index contributed by atoms with van der Waals surface area (Å²) in [4.78, 5) is 17.6. The van der Waals surface area contributed by atoms with Crippen molar-refractivity contribution in [3.63, 3.8) is 0 Å². The Morgan fingerprint density at radius 2 is 1.72 bits per heavy atom. The second-order valence-electron chi connectivity index (χ2n) is 7.59. The second kappa shape index (κ2) is 9.83. The summed E-state index contributed by atoms with van der Waals surface area (Å²) < 4.78 is 15.4. The summed E-state index contributed by atoms with van der Waals surface area (Å²) in [5, 5.41) is 3.39. The van der Waals surface area contributed by atoms with Gasteiger partial charge in [0.25, 0.3) is 0 Å². The molecule has 1 aromatic heterocycles. The number of amides is 1. The summed E-state index contributed by atoms with van der Waals surface area (Å²) in [5.41, 5.74) is 4.54. The van der Waals surface area contributed by atoms with Gasteiger partial charge in [0.1, 0.15) is 5.82 Å². The van der Waals surface area contributed by atoms with Crippen LogP contribution < -0.4 is 5.32 Å². The second-order valence-corrected chi connectivity index (χ2v) is 8.90. The normalized spacial score (nSPS) is 11.8. The molecule has 0 aliphatic heterocycles. The van der Waals surface area contributed by atoms with E-state index in [9.17, 15) is 9.18 Å². The number of carbonyl (C=O) groups excluding carboxylic acids is 1. The molecule has 0 fully saturated rings. The van der Waals surface area contributed by atoms with Gasteiger partial charge >= 0.3 is 0 Å². The van der Waals surface area contributed by atoms with Gasteiger partial charge in [0.2, 0.25) is 5.91 Å². The first-order valence-electron chi connectivity index (χ1n) is 10.4. The van der Waals surface area contributed by atoms with Gasteiger partial charge in [0.15, 0.2) is 5.16 Å². The lowest BCUT2D eigenvalue weighted by Crippen LogP contribution is -2.23. The first-order chi connectivity index (χ1) is 15.5. The summed E-state index contributed by atoms with van der Waals surface area (Å²) in [6, 6.07) is 24.1. The molecule has 6 heteroatoms. The van der Waals surface area contributed by atoms with Crippen LogP contribution in [0, 0.1) is 12.7 Å². The van der Waals surface area contributed by atoms with Gasteiger partial charge in [0.05, 0.1) is 10.9 Å². The fraction of sp³-hybridized carbons (Fsp3) is 0.154. The van der Waals surface area contributed by atoms with E-state index < -0.39 is 0 Å². The van der Waals surface area contributed by atoms with Crippen LogP contribution in [0.4, 0.5) is 10.1 Å². The zero-order valence-electron chi connectivity index (χ0n) is 18.0. The molecule has 32 heavy (non-hydrogen) atoms. The molecule has 4 aromatic rings. The minimum absolute atomic E-state index is 0.0816. The summed E-state index contributed by atoms with van der Waals surface area (Å²) in [6.45, 7) is 4.47. The fourth-order valence-electron chi connectivity index (χ4n) is 3.31. The molecule has 0 saturated heterocycles. The highest BCUT2D eigenvalue weighted by atomic mass is 32.2. The molecule has 0 aliphatic carbocycles. The van der Waals surface area contributed by atoms with Crippen LogP contribution in [0.3, 0.4) is 0 Å². The van der Waals surface area contributed by atoms with E-state index in [2.05, 4.69) is 17.4 Å². The van der Waals surface area contributed by atoms with Crippen molar-refractivity contribution < 1.29 is 9.18 Å². The summed E-state index contributed by atoms with van der Waals surface area (Å²) >= 11 is 1.41. The SMILES string of the molecule is Cc1ccccc1NC(=O)[C@@H](C)Sc1nc(-c2ccc(F)cc2)cn1Cc1ccccc1. The van der Waals surface area contributed by atoms with Crippen LogP contribution in [0.1, 0.15) is 18.1 Å². The Hall–Kier alpha value is -3.38. The van der Waals surface area contributed by atoms with E-state index in [0.29, 0.717) is 6.54 Å². The Bertz CT molecular complexity index is 1210. The number of rotatable bonds is 7. The van der Waals surface area contributed by atoms with Crippen LogP contribution in [0.25, 0.3) is 11.3 Å². The Kier molecular flexibility index (Phi) is 6.71. The maximum Gasteiger partial charge on any atom is 0.237 e. The molecule has 3 aromatic carbocycles. The van der Waals surface area contributed by atoms with E-state index in [-0.39, 0.29) is 17.0 Å². The average molecular weight is 446 g/mol. The maximum atomic E-state index is 13.4. The third-order valence-corrected chi connectivity index (χ3v) is 6.23. The largest absolute Gasteiger partial charge is 0.325 e. The van der Waals surface area contributed by atoms with Crippen LogP contribution in [-0.2, 0) is 11.3 Å². The van der Waals surface area contributed by atoms with E-state index in [0.717, 1.165) is 33.2 Å². The number of benzene rings is 3. The highest BCUT2D eigenvalue weighted by Crippen LogP contribution is 2.29. The molecule has 1 N–H and O–H groups in total. The number of aryl methyl sites for hydroxylation is 1. The molecule has 162 valence electrons. The molecule has 0 unspecified atom stereocenters. The Morgan fingerprint density at radius 3 is 2.44 bits per heavy atom. The van der Waals surface area contributed by atoms with Crippen molar-refractivity contribution in [2.24, 2.45) is 0 Å². The molecule has 1 atom stereocenters. The van der Waals surface area contributed by atoms with Crippen LogP contribution in [0.5, 0.6) is 0 Å². The Morgan fingerprint density at radius 1 is 1.03 bits per heavy atom. The molecule has 0 aliphatic rings. The van der Waals surface area contributed by atoms with Gasteiger partial charge in [-0.3, -0.25) is 4.79 Å². The first-order valence-corrected chi connectivity index (χ1v) is 11.3. The van der Waals surface area contributed by atoms with Crippen molar-refractivity contribution in [1.29, 1.82) is 0 Å². The topological polar surface area (TPSA) is 46.9 Å². The van der Waals surface area contributed by atoms with Gasteiger partial charge in [-0.2, -0.15) is 0 Å². The molecular formula is C26H24FN3OS. The van der Waals surface area contributed by atoms with Crippen molar-refractivity contribution in [3.05, 3.63) is 102 Å². The summed E-state index contributed by atoms with van der Waals surface area (Å²) in [5.74, 6) is -0.365. The number of imidazole rings is 1. The number of halogens is 1.